The minimum absolute atomic E-state index is 0. The van der Waals surface area contributed by atoms with Crippen LogP contribution in [0, 0.1) is 37.3 Å². The van der Waals surface area contributed by atoms with Crippen molar-refractivity contribution in [2.45, 2.75) is 13.8 Å². The second-order valence-electron chi connectivity index (χ2n) is 8.18. The summed E-state index contributed by atoms with van der Waals surface area (Å²) in [6.07, 6.45) is 3.62. The molecule has 6 aromatic rings. The summed E-state index contributed by atoms with van der Waals surface area (Å²) < 4.78 is 6.04. The van der Waals surface area contributed by atoms with Crippen molar-refractivity contribution >= 4 is 21.9 Å². The van der Waals surface area contributed by atoms with Gasteiger partial charge in [0.25, 0.3) is 0 Å². The number of nitrogens with zero attached hydrogens (tertiary/aromatic N) is 3. The summed E-state index contributed by atoms with van der Waals surface area (Å²) in [6.45, 7) is 3.95. The number of aromatic nitrogens is 2. The summed E-state index contributed by atoms with van der Waals surface area (Å²) >= 11 is 0. The predicted octanol–water partition coefficient (Wildman–Crippen LogP) is 7.48. The fraction of sp³-hybridized carbons (Fsp3) is 0.0645. The number of fused-ring (bicyclic) bond motifs is 3. The van der Waals surface area contributed by atoms with Gasteiger partial charge in [0.2, 0.25) is 0 Å². The zero-order chi connectivity index (χ0) is 24.2. The molecule has 6 rings (SSSR count). The Balaban J connectivity index is 0.000000187. The molecular formula is C31H21IrN3O-2. The van der Waals surface area contributed by atoms with Crippen LogP contribution in [0.4, 0.5) is 0 Å². The number of benzene rings is 3. The second-order valence-corrected chi connectivity index (χ2v) is 8.18. The molecule has 0 bridgehead atoms. The topological polar surface area (TPSA) is 62.7 Å². The van der Waals surface area contributed by atoms with Gasteiger partial charge in [0.1, 0.15) is 5.58 Å². The van der Waals surface area contributed by atoms with Crippen LogP contribution < -0.4 is 0 Å². The van der Waals surface area contributed by atoms with Crippen molar-refractivity contribution in [3.05, 3.63) is 120 Å². The third kappa shape index (κ3) is 5.11. The maximum Gasteiger partial charge on any atom is 0.121 e. The first-order chi connectivity index (χ1) is 17.1. The van der Waals surface area contributed by atoms with Crippen LogP contribution >= 0.6 is 0 Å². The Hall–Kier alpha value is -4.10. The summed E-state index contributed by atoms with van der Waals surface area (Å²) in [7, 11) is 0. The van der Waals surface area contributed by atoms with E-state index in [1.54, 1.807) is 6.20 Å². The molecule has 3 heterocycles. The summed E-state index contributed by atoms with van der Waals surface area (Å²) in [6, 6.07) is 33.9. The molecule has 0 saturated heterocycles. The van der Waals surface area contributed by atoms with Crippen molar-refractivity contribution < 1.29 is 24.5 Å². The van der Waals surface area contributed by atoms with Crippen molar-refractivity contribution in [2.24, 2.45) is 0 Å². The van der Waals surface area contributed by atoms with Gasteiger partial charge < -0.3 is 14.4 Å². The van der Waals surface area contributed by atoms with Crippen molar-refractivity contribution in [3.63, 3.8) is 0 Å². The molecule has 3 aromatic carbocycles. The summed E-state index contributed by atoms with van der Waals surface area (Å²) in [5, 5.41) is 11.1. The van der Waals surface area contributed by atoms with Gasteiger partial charge in [-0.15, -0.1) is 54.1 Å². The first kappa shape index (κ1) is 25.0. The number of hydrogen-bond acceptors (Lipinski definition) is 4. The van der Waals surface area contributed by atoms with Crippen LogP contribution in [-0.2, 0) is 20.1 Å². The molecule has 0 aliphatic carbocycles. The monoisotopic (exact) mass is 644 g/mol. The Kier molecular flexibility index (Phi) is 7.71. The maximum atomic E-state index is 9.22. The van der Waals surface area contributed by atoms with Gasteiger partial charge in [-0.25, -0.2) is 0 Å². The Labute approximate surface area is 223 Å². The first-order valence-electron chi connectivity index (χ1n) is 11.2. The van der Waals surface area contributed by atoms with E-state index < -0.39 is 0 Å². The standard InChI is InChI=1S/C19H11N2O.C12H10N.Ir/c1-12-9-18-16(10-13(12)11-20)14-5-4-6-15(19(14)22-18)17-7-2-3-8-21-17;1-10-7-8-12(13-9-10)11-5-3-2-4-6-11;/h2-5,7-10H,1H3;2-5,7-9H,1H3;/q2*-1;. The quantitative estimate of drug-likeness (QED) is 0.184. The van der Waals surface area contributed by atoms with Crippen molar-refractivity contribution in [1.82, 2.24) is 9.97 Å². The van der Waals surface area contributed by atoms with Crippen molar-refractivity contribution in [1.29, 1.82) is 5.26 Å². The fourth-order valence-corrected chi connectivity index (χ4v) is 3.89. The van der Waals surface area contributed by atoms with Crippen LogP contribution in [0.15, 0.2) is 95.7 Å². The number of aryl methyl sites for hydroxylation is 2. The Morgan fingerprint density at radius 2 is 1.69 bits per heavy atom. The molecular weight excluding hydrogens is 623 g/mol. The van der Waals surface area contributed by atoms with Gasteiger partial charge in [-0.1, -0.05) is 35.2 Å². The Bertz CT molecular complexity index is 1650. The van der Waals surface area contributed by atoms with Crippen molar-refractivity contribution in [2.75, 3.05) is 0 Å². The Morgan fingerprint density at radius 1 is 0.833 bits per heavy atom. The van der Waals surface area contributed by atoms with E-state index in [1.165, 1.54) is 5.56 Å². The van der Waals surface area contributed by atoms with E-state index in [-0.39, 0.29) is 20.1 Å². The number of hydrogen-bond donors (Lipinski definition) is 0. The number of furan rings is 1. The molecule has 0 spiro atoms. The van der Waals surface area contributed by atoms with Crippen LogP contribution in [0.2, 0.25) is 0 Å². The molecule has 0 atom stereocenters. The van der Waals surface area contributed by atoms with E-state index in [4.69, 9.17) is 4.42 Å². The SMILES string of the molecule is Cc1cc2oc3c(-c4ccccn4)[c-]ccc3c2cc1C#N.Cc1ccc(-c2[c-]cccc2)nc1.[Ir]. The molecule has 5 heteroatoms. The van der Waals surface area contributed by atoms with Gasteiger partial charge in [-0.05, 0) is 54.6 Å². The molecule has 0 amide bonds. The van der Waals surface area contributed by atoms with Gasteiger partial charge in [0.05, 0.1) is 17.2 Å². The third-order valence-electron chi connectivity index (χ3n) is 5.72. The first-order valence-corrected chi connectivity index (χ1v) is 11.2. The van der Waals surface area contributed by atoms with Crippen LogP contribution in [-0.4, -0.2) is 9.97 Å². The molecule has 3 aromatic heterocycles. The van der Waals surface area contributed by atoms with E-state index in [0.717, 1.165) is 50.0 Å². The van der Waals surface area contributed by atoms with E-state index in [9.17, 15) is 5.26 Å². The largest absolute Gasteiger partial charge is 0.501 e. The average Bonchev–Trinajstić information content (AvgIpc) is 3.27. The van der Waals surface area contributed by atoms with Gasteiger partial charge in [-0.2, -0.15) is 5.26 Å². The molecule has 1 radical (unpaired) electrons. The third-order valence-corrected chi connectivity index (χ3v) is 5.72. The van der Waals surface area contributed by atoms with Crippen LogP contribution in [0.3, 0.4) is 0 Å². The summed E-state index contributed by atoms with van der Waals surface area (Å²) in [5.41, 5.74) is 7.98. The zero-order valence-electron chi connectivity index (χ0n) is 19.7. The molecule has 0 unspecified atom stereocenters. The summed E-state index contributed by atoms with van der Waals surface area (Å²) in [5.74, 6) is 0. The average molecular weight is 644 g/mol. The van der Waals surface area contributed by atoms with Gasteiger partial charge in [0, 0.05) is 37.9 Å². The molecule has 0 aliphatic heterocycles. The zero-order valence-corrected chi connectivity index (χ0v) is 22.1. The molecule has 177 valence electrons. The van der Waals surface area contributed by atoms with E-state index in [1.807, 2.05) is 92.8 Å². The second kappa shape index (κ2) is 11.1. The molecule has 36 heavy (non-hydrogen) atoms. The molecule has 0 N–H and O–H groups in total. The van der Waals surface area contributed by atoms with Crippen LogP contribution in [0.1, 0.15) is 16.7 Å². The number of pyridine rings is 2. The minimum atomic E-state index is 0. The summed E-state index contributed by atoms with van der Waals surface area (Å²) in [4.78, 5) is 8.69. The van der Waals surface area contributed by atoms with Gasteiger partial charge in [-0.3, -0.25) is 0 Å². The normalized spacial score (nSPS) is 10.2. The predicted molar refractivity (Wildman–Crippen MR) is 138 cm³/mol. The Morgan fingerprint density at radius 3 is 2.39 bits per heavy atom. The van der Waals surface area contributed by atoms with E-state index in [2.05, 4.69) is 34.2 Å². The number of nitriles is 1. The van der Waals surface area contributed by atoms with Gasteiger partial charge >= 0.3 is 0 Å². The molecule has 0 saturated carbocycles. The van der Waals surface area contributed by atoms with Crippen molar-refractivity contribution in [3.8, 4) is 28.6 Å². The minimum Gasteiger partial charge on any atom is -0.501 e. The number of rotatable bonds is 2. The van der Waals surface area contributed by atoms with E-state index >= 15 is 0 Å². The van der Waals surface area contributed by atoms with Gasteiger partial charge in [0.15, 0.2) is 0 Å². The van der Waals surface area contributed by atoms with E-state index in [0.29, 0.717) is 5.56 Å². The van der Waals surface area contributed by atoms with Crippen LogP contribution in [0.5, 0.6) is 0 Å². The molecule has 0 aliphatic rings. The molecule has 0 fully saturated rings. The molecule has 4 nitrogen and oxygen atoms in total. The maximum absolute atomic E-state index is 9.22. The van der Waals surface area contributed by atoms with Crippen LogP contribution in [0.25, 0.3) is 44.5 Å². The fourth-order valence-electron chi connectivity index (χ4n) is 3.89. The smallest absolute Gasteiger partial charge is 0.121 e.